The summed E-state index contributed by atoms with van der Waals surface area (Å²) in [6.45, 7) is 6.81. The SMILES string of the molecule is CCCCCCCCCNNCCCCCCCC.O=C(O)c1ccc(C(=O)O)cc1. The fourth-order valence-corrected chi connectivity index (χ4v) is 3.10. The summed E-state index contributed by atoms with van der Waals surface area (Å²) in [4.78, 5) is 20.7. The second-order valence-electron chi connectivity index (χ2n) is 7.93. The van der Waals surface area contributed by atoms with E-state index >= 15 is 0 Å². The highest BCUT2D eigenvalue weighted by Crippen LogP contribution is 2.06. The molecule has 0 spiro atoms. The van der Waals surface area contributed by atoms with Crippen molar-refractivity contribution < 1.29 is 19.8 Å². The van der Waals surface area contributed by atoms with Crippen LogP contribution in [-0.4, -0.2) is 35.2 Å². The molecule has 6 heteroatoms. The Morgan fingerprint density at radius 1 is 0.581 bits per heavy atom. The summed E-state index contributed by atoms with van der Waals surface area (Å²) in [6, 6.07) is 5.02. The van der Waals surface area contributed by atoms with Crippen molar-refractivity contribution in [3.63, 3.8) is 0 Å². The number of aromatic carboxylic acids is 2. The lowest BCUT2D eigenvalue weighted by Crippen LogP contribution is -2.33. The molecule has 0 radical (unpaired) electrons. The molecule has 0 saturated heterocycles. The summed E-state index contributed by atoms with van der Waals surface area (Å²) in [5.41, 5.74) is 6.84. The number of carboxylic acid groups (broad SMARTS) is 2. The van der Waals surface area contributed by atoms with Gasteiger partial charge in [0.05, 0.1) is 11.1 Å². The maximum absolute atomic E-state index is 10.3. The van der Waals surface area contributed by atoms with Gasteiger partial charge in [-0.25, -0.2) is 9.59 Å². The van der Waals surface area contributed by atoms with Crippen molar-refractivity contribution in [1.82, 2.24) is 10.9 Å². The smallest absolute Gasteiger partial charge is 0.335 e. The van der Waals surface area contributed by atoms with Gasteiger partial charge in [-0.1, -0.05) is 84.5 Å². The molecule has 0 aliphatic heterocycles. The molecule has 178 valence electrons. The molecule has 1 rings (SSSR count). The van der Waals surface area contributed by atoms with Gasteiger partial charge in [-0.05, 0) is 37.1 Å². The Kier molecular flexibility index (Phi) is 20.0. The lowest BCUT2D eigenvalue weighted by molar-refractivity contribution is 0.0681. The second-order valence-corrected chi connectivity index (χ2v) is 7.93. The molecule has 31 heavy (non-hydrogen) atoms. The van der Waals surface area contributed by atoms with Crippen LogP contribution >= 0.6 is 0 Å². The molecular formula is C25H44N2O4. The zero-order valence-electron chi connectivity index (χ0n) is 19.6. The molecule has 0 aliphatic rings. The molecule has 0 unspecified atom stereocenters. The minimum absolute atomic E-state index is 0.0833. The summed E-state index contributed by atoms with van der Waals surface area (Å²) >= 11 is 0. The Hall–Kier alpha value is -1.92. The van der Waals surface area contributed by atoms with Crippen LogP contribution in [0.15, 0.2) is 24.3 Å². The fourth-order valence-electron chi connectivity index (χ4n) is 3.10. The van der Waals surface area contributed by atoms with Crippen LogP contribution in [0, 0.1) is 0 Å². The molecule has 0 fully saturated rings. The predicted octanol–water partition coefficient (Wildman–Crippen LogP) is 6.27. The number of benzene rings is 1. The number of unbranched alkanes of at least 4 members (excludes halogenated alkanes) is 11. The Morgan fingerprint density at radius 3 is 1.16 bits per heavy atom. The van der Waals surface area contributed by atoms with Gasteiger partial charge in [0.25, 0.3) is 0 Å². The van der Waals surface area contributed by atoms with Crippen molar-refractivity contribution in [2.75, 3.05) is 13.1 Å². The van der Waals surface area contributed by atoms with Crippen molar-refractivity contribution in [3.8, 4) is 0 Å². The van der Waals surface area contributed by atoms with Gasteiger partial charge in [0.2, 0.25) is 0 Å². The van der Waals surface area contributed by atoms with E-state index in [-0.39, 0.29) is 11.1 Å². The van der Waals surface area contributed by atoms with Gasteiger partial charge < -0.3 is 10.2 Å². The highest BCUT2D eigenvalue weighted by molar-refractivity contribution is 5.91. The van der Waals surface area contributed by atoms with E-state index in [1.54, 1.807) is 0 Å². The fraction of sp³-hybridized carbons (Fsp3) is 0.680. The maximum atomic E-state index is 10.3. The second kappa shape index (κ2) is 21.3. The van der Waals surface area contributed by atoms with Gasteiger partial charge in [0.15, 0.2) is 0 Å². The van der Waals surface area contributed by atoms with Crippen molar-refractivity contribution >= 4 is 11.9 Å². The Bertz CT molecular complexity index is 512. The molecule has 6 nitrogen and oxygen atoms in total. The Morgan fingerprint density at radius 2 is 0.871 bits per heavy atom. The summed E-state index contributed by atoms with van der Waals surface area (Å²) in [5.74, 6) is -2.13. The number of carboxylic acids is 2. The molecule has 1 aromatic rings. The third-order valence-electron chi connectivity index (χ3n) is 5.06. The van der Waals surface area contributed by atoms with Crippen molar-refractivity contribution in [2.24, 2.45) is 0 Å². The van der Waals surface area contributed by atoms with Gasteiger partial charge in [-0.3, -0.25) is 10.9 Å². The summed E-state index contributed by atoms with van der Waals surface area (Å²) < 4.78 is 0. The Labute approximate surface area is 188 Å². The monoisotopic (exact) mass is 436 g/mol. The summed E-state index contributed by atoms with van der Waals surface area (Å²) in [6.07, 6.45) is 18.0. The molecular weight excluding hydrogens is 392 g/mol. The minimum Gasteiger partial charge on any atom is -0.478 e. The lowest BCUT2D eigenvalue weighted by atomic mass is 10.1. The third kappa shape index (κ3) is 18.6. The van der Waals surface area contributed by atoms with Gasteiger partial charge >= 0.3 is 11.9 Å². The highest BCUT2D eigenvalue weighted by Gasteiger charge is 2.04. The normalized spacial score (nSPS) is 10.4. The molecule has 1 aromatic carbocycles. The predicted molar refractivity (Wildman–Crippen MR) is 128 cm³/mol. The number of carbonyl (C=O) groups is 2. The lowest BCUT2D eigenvalue weighted by Gasteiger charge is -2.07. The standard InChI is InChI=1S/C17H38N2.C8H6O4/c1-3-5-7-9-11-13-15-17-19-18-16-14-12-10-8-6-4-2;9-7(10)5-1-2-6(4-3-5)8(11)12/h18-19H,3-17H2,1-2H3;1-4H,(H,9,10)(H,11,12). The van der Waals surface area contributed by atoms with Crippen LogP contribution in [0.5, 0.6) is 0 Å². The van der Waals surface area contributed by atoms with Crippen LogP contribution in [0.25, 0.3) is 0 Å². The first-order valence-electron chi connectivity index (χ1n) is 12.0. The molecule has 0 atom stereocenters. The van der Waals surface area contributed by atoms with Crippen LogP contribution in [0.4, 0.5) is 0 Å². The molecule has 0 bridgehead atoms. The van der Waals surface area contributed by atoms with Crippen LogP contribution < -0.4 is 10.9 Å². The van der Waals surface area contributed by atoms with Crippen LogP contribution in [0.3, 0.4) is 0 Å². The van der Waals surface area contributed by atoms with Gasteiger partial charge in [0.1, 0.15) is 0 Å². The van der Waals surface area contributed by atoms with E-state index < -0.39 is 11.9 Å². The van der Waals surface area contributed by atoms with Crippen molar-refractivity contribution in [3.05, 3.63) is 35.4 Å². The van der Waals surface area contributed by atoms with Gasteiger partial charge in [-0.2, -0.15) is 0 Å². The van der Waals surface area contributed by atoms with Crippen molar-refractivity contribution in [1.29, 1.82) is 0 Å². The zero-order chi connectivity index (χ0) is 23.2. The van der Waals surface area contributed by atoms with Crippen LogP contribution in [-0.2, 0) is 0 Å². The number of nitrogens with one attached hydrogen (secondary N) is 2. The van der Waals surface area contributed by atoms with E-state index in [1.165, 1.54) is 108 Å². The topological polar surface area (TPSA) is 98.7 Å². The maximum Gasteiger partial charge on any atom is 0.335 e. The van der Waals surface area contributed by atoms with E-state index in [9.17, 15) is 9.59 Å². The van der Waals surface area contributed by atoms with Crippen molar-refractivity contribution in [2.45, 2.75) is 97.3 Å². The molecule has 0 aliphatic carbocycles. The van der Waals surface area contributed by atoms with E-state index in [2.05, 4.69) is 24.7 Å². The largest absolute Gasteiger partial charge is 0.478 e. The highest BCUT2D eigenvalue weighted by atomic mass is 16.4. The molecule has 4 N–H and O–H groups in total. The van der Waals surface area contributed by atoms with Gasteiger partial charge in [0, 0.05) is 13.1 Å². The molecule has 0 aromatic heterocycles. The number of hydrogen-bond donors (Lipinski definition) is 4. The average molecular weight is 437 g/mol. The van der Waals surface area contributed by atoms with Crippen LogP contribution in [0.1, 0.15) is 118 Å². The quantitative estimate of drug-likeness (QED) is 0.160. The molecule has 0 heterocycles. The first-order valence-corrected chi connectivity index (χ1v) is 12.0. The first-order chi connectivity index (χ1) is 15.0. The summed E-state index contributed by atoms with van der Waals surface area (Å²) in [5, 5.41) is 16.9. The first kappa shape index (κ1) is 29.1. The van der Waals surface area contributed by atoms with Gasteiger partial charge in [-0.15, -0.1) is 0 Å². The number of hydrazine groups is 1. The molecule has 0 saturated carbocycles. The number of rotatable bonds is 18. The van der Waals surface area contributed by atoms with Crippen LogP contribution in [0.2, 0.25) is 0 Å². The minimum atomic E-state index is -1.06. The zero-order valence-corrected chi connectivity index (χ0v) is 19.6. The Balaban J connectivity index is 0.000000639. The summed E-state index contributed by atoms with van der Waals surface area (Å²) in [7, 11) is 0. The number of hydrogen-bond acceptors (Lipinski definition) is 4. The van der Waals surface area contributed by atoms with E-state index in [1.807, 2.05) is 0 Å². The van der Waals surface area contributed by atoms with E-state index in [4.69, 9.17) is 10.2 Å². The van der Waals surface area contributed by atoms with E-state index in [0.717, 1.165) is 13.1 Å². The van der Waals surface area contributed by atoms with E-state index in [0.29, 0.717) is 0 Å². The average Bonchev–Trinajstić information content (AvgIpc) is 2.77. The third-order valence-corrected chi connectivity index (χ3v) is 5.06. The molecule has 0 amide bonds.